The van der Waals surface area contributed by atoms with Gasteiger partial charge >= 0.3 is 0 Å². The Morgan fingerprint density at radius 1 is 1.40 bits per heavy atom. The Balaban J connectivity index is 1.85. The second-order valence-corrected chi connectivity index (χ2v) is 7.00. The Morgan fingerprint density at radius 3 is 2.65 bits per heavy atom. The number of nitrogens with zero attached hydrogens (tertiary/aromatic N) is 3. The quantitative estimate of drug-likeness (QED) is 0.755. The molecular weight excluding hydrogens is 278 g/mol. The van der Waals surface area contributed by atoms with Crippen LogP contribution in [0.25, 0.3) is 0 Å². The monoisotopic (exact) mass is 301 g/mol. The molecule has 0 bridgehead atoms. The maximum atomic E-state index is 12.2. The first-order valence-corrected chi connectivity index (χ1v) is 8.32. The average molecular weight is 301 g/mol. The molecule has 2 N–H and O–H groups in total. The molecule has 1 aromatic heterocycles. The minimum Gasteiger partial charge on any atom is -0.319 e. The molecule has 20 heavy (non-hydrogen) atoms. The van der Waals surface area contributed by atoms with E-state index >= 15 is 0 Å². The summed E-state index contributed by atoms with van der Waals surface area (Å²) in [5.41, 5.74) is 0.862. The molecule has 0 unspecified atom stereocenters. The number of hydrogen-bond acceptors (Lipinski definition) is 4. The van der Waals surface area contributed by atoms with E-state index in [2.05, 4.69) is 15.1 Å². The Bertz CT molecular complexity index is 520. The van der Waals surface area contributed by atoms with Crippen molar-refractivity contribution in [1.82, 2.24) is 24.1 Å². The van der Waals surface area contributed by atoms with E-state index in [0.717, 1.165) is 24.9 Å². The molecule has 1 aliphatic rings. The van der Waals surface area contributed by atoms with Gasteiger partial charge in [0.2, 0.25) is 0 Å². The van der Waals surface area contributed by atoms with Crippen LogP contribution in [0.2, 0.25) is 0 Å². The Labute approximate surface area is 120 Å². The predicted molar refractivity (Wildman–Crippen MR) is 77.2 cm³/mol. The Morgan fingerprint density at radius 2 is 2.10 bits per heavy atom. The fourth-order valence-electron chi connectivity index (χ4n) is 2.47. The van der Waals surface area contributed by atoms with E-state index in [1.807, 2.05) is 20.3 Å². The lowest BCUT2D eigenvalue weighted by Crippen LogP contribution is -2.45. The molecule has 0 radical (unpaired) electrons. The third kappa shape index (κ3) is 4.02. The maximum Gasteiger partial charge on any atom is 0.279 e. The number of piperidine rings is 1. The van der Waals surface area contributed by atoms with Gasteiger partial charge in [-0.25, -0.2) is 0 Å². The molecule has 1 aromatic rings. The van der Waals surface area contributed by atoms with Gasteiger partial charge in [-0.3, -0.25) is 4.68 Å². The van der Waals surface area contributed by atoms with Crippen LogP contribution in [0.3, 0.4) is 0 Å². The molecule has 0 aliphatic carbocycles. The highest BCUT2D eigenvalue weighted by molar-refractivity contribution is 7.87. The normalized spacial score (nSPS) is 18.5. The van der Waals surface area contributed by atoms with E-state index in [1.54, 1.807) is 10.9 Å². The third-order valence-electron chi connectivity index (χ3n) is 3.62. The molecule has 114 valence electrons. The number of aromatic nitrogens is 2. The van der Waals surface area contributed by atoms with Gasteiger partial charge < -0.3 is 5.32 Å². The minimum absolute atomic E-state index is 0.284. The molecule has 1 fully saturated rings. The number of aryl methyl sites for hydroxylation is 1. The van der Waals surface area contributed by atoms with Crippen LogP contribution >= 0.6 is 0 Å². The molecule has 7 nitrogen and oxygen atoms in total. The largest absolute Gasteiger partial charge is 0.319 e. The number of rotatable bonds is 6. The molecule has 8 heteroatoms. The smallest absolute Gasteiger partial charge is 0.279 e. The Hall–Kier alpha value is -0.960. The average Bonchev–Trinajstić information content (AvgIpc) is 2.84. The molecule has 0 atom stereocenters. The molecule has 1 saturated heterocycles. The van der Waals surface area contributed by atoms with Gasteiger partial charge in [0.05, 0.1) is 6.20 Å². The van der Waals surface area contributed by atoms with Crippen LogP contribution in [0, 0.1) is 5.92 Å². The van der Waals surface area contributed by atoms with E-state index in [1.165, 1.54) is 4.31 Å². The highest BCUT2D eigenvalue weighted by Crippen LogP contribution is 2.18. The van der Waals surface area contributed by atoms with Crippen LogP contribution < -0.4 is 10.0 Å². The fraction of sp³-hybridized carbons (Fsp3) is 0.750. The van der Waals surface area contributed by atoms with Crippen LogP contribution in [-0.2, 0) is 23.8 Å². The number of hydrogen-bond donors (Lipinski definition) is 2. The van der Waals surface area contributed by atoms with Crippen molar-refractivity contribution in [2.24, 2.45) is 13.0 Å². The molecule has 0 aromatic carbocycles. The molecule has 1 aliphatic heterocycles. The molecular formula is C12H23N5O2S. The van der Waals surface area contributed by atoms with Gasteiger partial charge in [-0.2, -0.15) is 22.5 Å². The van der Waals surface area contributed by atoms with Crippen LogP contribution in [0.15, 0.2) is 12.4 Å². The van der Waals surface area contributed by atoms with Gasteiger partial charge in [0.1, 0.15) is 0 Å². The lowest BCUT2D eigenvalue weighted by atomic mass is 9.98. The van der Waals surface area contributed by atoms with E-state index in [4.69, 9.17) is 0 Å². The second-order valence-electron chi connectivity index (χ2n) is 5.25. The highest BCUT2D eigenvalue weighted by Gasteiger charge is 2.27. The zero-order valence-electron chi connectivity index (χ0n) is 12.0. The topological polar surface area (TPSA) is 79.3 Å². The van der Waals surface area contributed by atoms with Crippen LogP contribution in [0.4, 0.5) is 0 Å². The van der Waals surface area contributed by atoms with Crippen molar-refractivity contribution >= 4 is 10.2 Å². The number of nitrogens with one attached hydrogen (secondary N) is 2. The maximum absolute atomic E-state index is 12.2. The summed E-state index contributed by atoms with van der Waals surface area (Å²) in [6, 6.07) is 0. The summed E-state index contributed by atoms with van der Waals surface area (Å²) in [7, 11) is 0.354. The highest BCUT2D eigenvalue weighted by atomic mass is 32.2. The summed E-state index contributed by atoms with van der Waals surface area (Å²) in [4.78, 5) is 0. The molecule has 0 spiro atoms. The second kappa shape index (κ2) is 6.66. The summed E-state index contributed by atoms with van der Waals surface area (Å²) in [5.74, 6) is 0.574. The summed E-state index contributed by atoms with van der Waals surface area (Å²) >= 11 is 0. The van der Waals surface area contributed by atoms with Gasteiger partial charge in [0, 0.05) is 38.4 Å². The molecule has 2 rings (SSSR count). The first-order chi connectivity index (χ1) is 9.51. The van der Waals surface area contributed by atoms with Crippen molar-refractivity contribution in [2.75, 3.05) is 26.7 Å². The van der Waals surface area contributed by atoms with E-state index in [9.17, 15) is 8.42 Å². The van der Waals surface area contributed by atoms with Crippen molar-refractivity contribution < 1.29 is 8.42 Å². The van der Waals surface area contributed by atoms with Gasteiger partial charge in [0.15, 0.2) is 0 Å². The van der Waals surface area contributed by atoms with Crippen molar-refractivity contribution in [3.63, 3.8) is 0 Å². The molecule has 2 heterocycles. The summed E-state index contributed by atoms with van der Waals surface area (Å²) in [5, 5.41) is 7.17. The van der Waals surface area contributed by atoms with Gasteiger partial charge in [0.25, 0.3) is 10.2 Å². The van der Waals surface area contributed by atoms with Gasteiger partial charge in [-0.1, -0.05) is 0 Å². The molecule has 0 saturated carbocycles. The standard InChI is InChI=1S/C12H23N5O2S/c1-13-7-11-3-5-17(6-4-11)20(18,19)15-9-12-8-14-16(2)10-12/h8,10-11,13,15H,3-7,9H2,1-2H3. The van der Waals surface area contributed by atoms with Crippen LogP contribution in [0.1, 0.15) is 18.4 Å². The van der Waals surface area contributed by atoms with Crippen molar-refractivity contribution in [3.8, 4) is 0 Å². The Kier molecular flexibility index (Phi) is 5.14. The third-order valence-corrected chi connectivity index (χ3v) is 5.18. The zero-order valence-corrected chi connectivity index (χ0v) is 12.9. The summed E-state index contributed by atoms with van der Waals surface area (Å²) in [6.45, 7) is 2.42. The first kappa shape index (κ1) is 15.4. The first-order valence-electron chi connectivity index (χ1n) is 6.88. The van der Waals surface area contributed by atoms with Crippen molar-refractivity contribution in [3.05, 3.63) is 18.0 Å². The fourth-order valence-corrected chi connectivity index (χ4v) is 3.69. The lowest BCUT2D eigenvalue weighted by Gasteiger charge is -2.31. The van der Waals surface area contributed by atoms with Crippen LogP contribution in [-0.4, -0.2) is 49.2 Å². The van der Waals surface area contributed by atoms with Gasteiger partial charge in [-0.05, 0) is 32.4 Å². The van der Waals surface area contributed by atoms with E-state index in [-0.39, 0.29) is 6.54 Å². The predicted octanol–water partition coefficient (Wildman–Crippen LogP) is -0.314. The van der Waals surface area contributed by atoms with Crippen LogP contribution in [0.5, 0.6) is 0 Å². The summed E-state index contributed by atoms with van der Waals surface area (Å²) < 4.78 is 30.2. The van der Waals surface area contributed by atoms with Gasteiger partial charge in [-0.15, -0.1) is 0 Å². The van der Waals surface area contributed by atoms with Crippen molar-refractivity contribution in [1.29, 1.82) is 0 Å². The lowest BCUT2D eigenvalue weighted by molar-refractivity contribution is 0.268. The zero-order chi connectivity index (χ0) is 14.6. The SMILES string of the molecule is CNCC1CCN(S(=O)(=O)NCc2cnn(C)c2)CC1. The van der Waals surface area contributed by atoms with E-state index < -0.39 is 10.2 Å². The molecule has 0 amide bonds. The van der Waals surface area contributed by atoms with E-state index in [0.29, 0.717) is 19.0 Å². The van der Waals surface area contributed by atoms with Crippen molar-refractivity contribution in [2.45, 2.75) is 19.4 Å². The summed E-state index contributed by atoms with van der Waals surface area (Å²) in [6.07, 6.45) is 5.30. The minimum atomic E-state index is -3.38.